The van der Waals surface area contributed by atoms with Gasteiger partial charge in [0, 0.05) is 18.8 Å². The Hall–Kier alpha value is -3.81. The Morgan fingerprint density at radius 1 is 1.06 bits per heavy atom. The number of anilines is 2. The SMILES string of the molecule is CN(CC#N)c1cnc2ccc(-c3cnc(Cl)c(NS(=O)(=O)c4ccc(F)cc4)c3)cc2n1. The smallest absolute Gasteiger partial charge is 0.261 e. The lowest BCUT2D eigenvalue weighted by molar-refractivity contribution is 0.599. The number of pyridine rings is 1. The highest BCUT2D eigenvalue weighted by Crippen LogP contribution is 2.30. The van der Waals surface area contributed by atoms with E-state index in [1.165, 1.54) is 6.20 Å². The maximum atomic E-state index is 13.2. The first-order valence-corrected chi connectivity index (χ1v) is 11.4. The molecular weight excluding hydrogens is 467 g/mol. The van der Waals surface area contributed by atoms with Gasteiger partial charge in [-0.25, -0.2) is 22.8 Å². The minimum Gasteiger partial charge on any atom is -0.345 e. The number of nitriles is 1. The van der Waals surface area contributed by atoms with E-state index in [-0.39, 0.29) is 22.3 Å². The van der Waals surface area contributed by atoms with Gasteiger partial charge in [0.2, 0.25) is 0 Å². The quantitative estimate of drug-likeness (QED) is 0.323. The molecule has 1 N–H and O–H groups in total. The van der Waals surface area contributed by atoms with Crippen molar-refractivity contribution in [3.8, 4) is 17.2 Å². The summed E-state index contributed by atoms with van der Waals surface area (Å²) in [4.78, 5) is 14.6. The molecule has 4 rings (SSSR count). The van der Waals surface area contributed by atoms with E-state index in [1.54, 1.807) is 42.4 Å². The van der Waals surface area contributed by atoms with E-state index < -0.39 is 15.8 Å². The van der Waals surface area contributed by atoms with Gasteiger partial charge in [0.1, 0.15) is 18.2 Å². The molecule has 4 aromatic rings. The van der Waals surface area contributed by atoms with E-state index in [4.69, 9.17) is 16.9 Å². The van der Waals surface area contributed by atoms with Crippen LogP contribution in [0.25, 0.3) is 22.2 Å². The molecular formula is C22H16ClFN6O2S. The fourth-order valence-electron chi connectivity index (χ4n) is 3.05. The molecule has 2 aromatic carbocycles. The van der Waals surface area contributed by atoms with E-state index in [9.17, 15) is 12.8 Å². The van der Waals surface area contributed by atoms with E-state index in [0.29, 0.717) is 28.0 Å². The molecule has 2 heterocycles. The topological polar surface area (TPSA) is 112 Å². The van der Waals surface area contributed by atoms with Crippen molar-refractivity contribution in [1.29, 1.82) is 5.26 Å². The van der Waals surface area contributed by atoms with Crippen molar-refractivity contribution in [3.63, 3.8) is 0 Å². The molecule has 0 aliphatic rings. The molecule has 11 heteroatoms. The molecule has 0 saturated heterocycles. The minimum absolute atomic E-state index is 0.0366. The molecule has 0 aliphatic carbocycles. The zero-order chi connectivity index (χ0) is 23.6. The van der Waals surface area contributed by atoms with Crippen LogP contribution in [0.4, 0.5) is 15.9 Å². The lowest BCUT2D eigenvalue weighted by atomic mass is 10.1. The predicted molar refractivity (Wildman–Crippen MR) is 124 cm³/mol. The van der Waals surface area contributed by atoms with Crippen LogP contribution >= 0.6 is 11.6 Å². The number of rotatable bonds is 6. The highest BCUT2D eigenvalue weighted by molar-refractivity contribution is 7.92. The Labute approximate surface area is 194 Å². The summed E-state index contributed by atoms with van der Waals surface area (Å²) in [6.45, 7) is 0.165. The van der Waals surface area contributed by atoms with E-state index in [2.05, 4.69) is 25.7 Å². The van der Waals surface area contributed by atoms with Crippen LogP contribution in [0.2, 0.25) is 5.15 Å². The van der Waals surface area contributed by atoms with Crippen molar-refractivity contribution in [2.45, 2.75) is 4.90 Å². The third-order valence-corrected chi connectivity index (χ3v) is 6.45. The Morgan fingerprint density at radius 3 is 2.55 bits per heavy atom. The van der Waals surface area contributed by atoms with E-state index in [1.807, 2.05) is 0 Å². The van der Waals surface area contributed by atoms with Gasteiger partial charge in [0.25, 0.3) is 10.0 Å². The molecule has 0 saturated carbocycles. The zero-order valence-corrected chi connectivity index (χ0v) is 18.8. The second-order valence-electron chi connectivity index (χ2n) is 7.07. The van der Waals surface area contributed by atoms with Crippen LogP contribution in [-0.2, 0) is 10.0 Å². The average Bonchev–Trinajstić information content (AvgIpc) is 2.80. The summed E-state index contributed by atoms with van der Waals surface area (Å²) in [7, 11) is -2.26. The van der Waals surface area contributed by atoms with Gasteiger partial charge in [-0.05, 0) is 48.0 Å². The van der Waals surface area contributed by atoms with Crippen LogP contribution in [0.3, 0.4) is 0 Å². The Morgan fingerprint density at radius 2 is 1.82 bits per heavy atom. The first-order chi connectivity index (χ1) is 15.8. The number of fused-ring (bicyclic) bond motifs is 1. The highest BCUT2D eigenvalue weighted by atomic mass is 35.5. The van der Waals surface area contributed by atoms with Crippen molar-refractivity contribution in [2.75, 3.05) is 23.2 Å². The Bertz CT molecular complexity index is 1490. The molecule has 8 nitrogen and oxygen atoms in total. The molecule has 166 valence electrons. The Kier molecular flexibility index (Phi) is 6.09. The first kappa shape index (κ1) is 22.4. The maximum Gasteiger partial charge on any atom is 0.261 e. The van der Waals surface area contributed by atoms with Gasteiger partial charge in [-0.1, -0.05) is 17.7 Å². The van der Waals surface area contributed by atoms with Crippen molar-refractivity contribution in [2.24, 2.45) is 0 Å². The summed E-state index contributed by atoms with van der Waals surface area (Å²) in [6, 6.07) is 13.4. The third-order valence-electron chi connectivity index (χ3n) is 4.77. The zero-order valence-electron chi connectivity index (χ0n) is 17.2. The van der Waals surface area contributed by atoms with E-state index >= 15 is 0 Å². The van der Waals surface area contributed by atoms with Crippen LogP contribution in [0.1, 0.15) is 0 Å². The average molecular weight is 483 g/mol. The van der Waals surface area contributed by atoms with Crippen LogP contribution < -0.4 is 9.62 Å². The van der Waals surface area contributed by atoms with Crippen LogP contribution in [0.15, 0.2) is 65.8 Å². The van der Waals surface area contributed by atoms with Gasteiger partial charge in [0.15, 0.2) is 5.15 Å². The molecule has 0 amide bonds. The molecule has 0 fully saturated rings. The molecule has 0 bridgehead atoms. The van der Waals surface area contributed by atoms with Crippen LogP contribution in [0.5, 0.6) is 0 Å². The van der Waals surface area contributed by atoms with Crippen molar-refractivity contribution in [1.82, 2.24) is 15.0 Å². The third kappa shape index (κ3) is 4.84. The van der Waals surface area contributed by atoms with Gasteiger partial charge < -0.3 is 4.90 Å². The van der Waals surface area contributed by atoms with Gasteiger partial charge >= 0.3 is 0 Å². The number of nitrogens with zero attached hydrogens (tertiary/aromatic N) is 5. The molecule has 2 aromatic heterocycles. The van der Waals surface area contributed by atoms with Crippen LogP contribution in [-0.4, -0.2) is 37.0 Å². The fourth-order valence-corrected chi connectivity index (χ4v) is 4.31. The van der Waals surface area contributed by atoms with Gasteiger partial charge in [-0.3, -0.25) is 9.71 Å². The summed E-state index contributed by atoms with van der Waals surface area (Å²) in [5.41, 5.74) is 2.64. The lowest BCUT2D eigenvalue weighted by Crippen LogP contribution is -2.18. The monoisotopic (exact) mass is 482 g/mol. The molecule has 0 radical (unpaired) electrons. The number of sulfonamides is 1. The molecule has 0 atom stereocenters. The summed E-state index contributed by atoms with van der Waals surface area (Å²) >= 11 is 6.13. The van der Waals surface area contributed by atoms with Crippen molar-refractivity contribution >= 4 is 44.2 Å². The number of aromatic nitrogens is 3. The first-order valence-electron chi connectivity index (χ1n) is 9.56. The van der Waals surface area contributed by atoms with Gasteiger partial charge in [-0.2, -0.15) is 5.26 Å². The van der Waals surface area contributed by atoms with E-state index in [0.717, 1.165) is 24.3 Å². The fraction of sp³-hybridized carbons (Fsp3) is 0.0909. The Balaban J connectivity index is 1.69. The van der Waals surface area contributed by atoms with Crippen molar-refractivity contribution in [3.05, 3.63) is 71.9 Å². The normalized spacial score (nSPS) is 11.2. The predicted octanol–water partition coefficient (Wildman–Crippen LogP) is 4.24. The van der Waals surface area contributed by atoms with Crippen molar-refractivity contribution < 1.29 is 12.8 Å². The standard InChI is InChI=1S/C22H16ClFN6O2S/c1-30(9-8-25)21-13-26-18-7-2-14(10-19(18)28-21)15-11-20(22(23)27-12-15)29-33(31,32)17-5-3-16(24)4-6-17/h2-7,10-13,29H,9H2,1H3. The largest absolute Gasteiger partial charge is 0.345 e. The number of halogens is 2. The number of hydrogen-bond acceptors (Lipinski definition) is 7. The molecule has 0 aliphatic heterocycles. The second-order valence-corrected chi connectivity index (χ2v) is 9.11. The summed E-state index contributed by atoms with van der Waals surface area (Å²) < 4.78 is 40.9. The van der Waals surface area contributed by atoms with Gasteiger partial charge in [0.05, 0.1) is 33.9 Å². The maximum absolute atomic E-state index is 13.2. The number of benzene rings is 2. The molecule has 0 unspecified atom stereocenters. The summed E-state index contributed by atoms with van der Waals surface area (Å²) in [6.07, 6.45) is 3.10. The summed E-state index contributed by atoms with van der Waals surface area (Å²) in [5.74, 6) is 0.000188. The minimum atomic E-state index is -4.00. The molecule has 0 spiro atoms. The second kappa shape index (κ2) is 8.97. The molecule has 33 heavy (non-hydrogen) atoms. The number of hydrogen-bond donors (Lipinski definition) is 1. The highest BCUT2D eigenvalue weighted by Gasteiger charge is 2.17. The summed E-state index contributed by atoms with van der Waals surface area (Å²) in [5, 5.41) is 8.86. The number of nitrogens with one attached hydrogen (secondary N) is 1. The lowest BCUT2D eigenvalue weighted by Gasteiger charge is -2.14. The van der Waals surface area contributed by atoms with Crippen LogP contribution in [0, 0.1) is 17.1 Å². The van der Waals surface area contributed by atoms with Gasteiger partial charge in [-0.15, -0.1) is 0 Å².